The van der Waals surface area contributed by atoms with E-state index in [2.05, 4.69) is 15.9 Å². The summed E-state index contributed by atoms with van der Waals surface area (Å²) in [5.41, 5.74) is 0. The maximum absolute atomic E-state index is 6.06. The molecule has 0 saturated heterocycles. The topological polar surface area (TPSA) is 0 Å². The zero-order valence-corrected chi connectivity index (χ0v) is 10.7. The predicted molar refractivity (Wildman–Crippen MR) is 66.7 cm³/mol. The molecule has 72 valence electrons. The van der Waals surface area contributed by atoms with Gasteiger partial charge in [0.05, 0.1) is 10.0 Å². The van der Waals surface area contributed by atoms with Crippen molar-refractivity contribution in [3.63, 3.8) is 0 Å². The summed E-state index contributed by atoms with van der Waals surface area (Å²) in [5.74, 6) is 0. The van der Waals surface area contributed by atoms with E-state index in [1.807, 2.05) is 6.07 Å². The van der Waals surface area contributed by atoms with Gasteiger partial charge in [0, 0.05) is 20.3 Å². The van der Waals surface area contributed by atoms with Gasteiger partial charge in [-0.3, -0.25) is 0 Å². The van der Waals surface area contributed by atoms with E-state index in [9.17, 15) is 0 Å². The number of halogens is 4. The van der Waals surface area contributed by atoms with Crippen molar-refractivity contribution in [2.75, 3.05) is 0 Å². The zero-order chi connectivity index (χ0) is 10.3. The Morgan fingerprint density at radius 3 is 1.64 bits per heavy atom. The highest BCUT2D eigenvalue weighted by Crippen LogP contribution is 2.38. The largest absolute Gasteiger partial charge is 0.0836 e. The smallest absolute Gasteiger partial charge is 0.0500 e. The highest BCUT2D eigenvalue weighted by atomic mass is 79.9. The van der Waals surface area contributed by atoms with E-state index in [1.54, 1.807) is 18.2 Å². The van der Waals surface area contributed by atoms with Gasteiger partial charge < -0.3 is 0 Å². The van der Waals surface area contributed by atoms with Gasteiger partial charge in [-0.15, -0.1) is 0 Å². The Labute approximate surface area is 105 Å². The highest BCUT2D eigenvalue weighted by Gasteiger charge is 2.09. The molecule has 0 radical (unpaired) electrons. The van der Waals surface area contributed by atoms with Crippen LogP contribution in [0, 0.1) is 0 Å². The van der Waals surface area contributed by atoms with E-state index in [0.29, 0.717) is 15.1 Å². The Balaban J connectivity index is 3.05. The Morgan fingerprint density at radius 2 is 1.14 bits per heavy atom. The lowest BCUT2D eigenvalue weighted by molar-refractivity contribution is 1.70. The van der Waals surface area contributed by atoms with Gasteiger partial charge in [0.1, 0.15) is 0 Å². The second-order valence-electron chi connectivity index (χ2n) is 2.81. The molecule has 0 nitrogen and oxygen atoms in total. The van der Waals surface area contributed by atoms with Crippen molar-refractivity contribution in [1.82, 2.24) is 0 Å². The van der Waals surface area contributed by atoms with Crippen LogP contribution in [0.1, 0.15) is 0 Å². The lowest BCUT2D eigenvalue weighted by Gasteiger charge is -2.06. The summed E-state index contributed by atoms with van der Waals surface area (Å²) >= 11 is 21.6. The summed E-state index contributed by atoms with van der Waals surface area (Å²) in [6.07, 6.45) is 0. The third kappa shape index (κ3) is 1.63. The van der Waals surface area contributed by atoms with Crippen LogP contribution in [0.15, 0.2) is 28.7 Å². The molecule has 2 rings (SSSR count). The zero-order valence-electron chi connectivity index (χ0n) is 6.82. The monoisotopic (exact) mass is 308 g/mol. The SMILES string of the molecule is Clc1ccc(Cl)c2c(Br)ccc(Cl)c12. The van der Waals surface area contributed by atoms with Gasteiger partial charge in [-0.2, -0.15) is 0 Å². The van der Waals surface area contributed by atoms with E-state index in [-0.39, 0.29) is 0 Å². The molecule has 0 aliphatic rings. The molecule has 0 saturated carbocycles. The minimum atomic E-state index is 0.607. The number of benzene rings is 2. The van der Waals surface area contributed by atoms with Crippen LogP contribution >= 0.6 is 50.7 Å². The molecule has 0 amide bonds. The van der Waals surface area contributed by atoms with E-state index < -0.39 is 0 Å². The minimum absolute atomic E-state index is 0.607. The minimum Gasteiger partial charge on any atom is -0.0836 e. The van der Waals surface area contributed by atoms with Crippen molar-refractivity contribution in [3.05, 3.63) is 43.8 Å². The first kappa shape index (κ1) is 10.6. The van der Waals surface area contributed by atoms with Crippen LogP contribution in [0.25, 0.3) is 10.8 Å². The maximum atomic E-state index is 6.06. The van der Waals surface area contributed by atoms with Gasteiger partial charge in [-0.25, -0.2) is 0 Å². The van der Waals surface area contributed by atoms with E-state index in [4.69, 9.17) is 34.8 Å². The van der Waals surface area contributed by atoms with E-state index in [0.717, 1.165) is 15.2 Å². The van der Waals surface area contributed by atoms with Crippen molar-refractivity contribution in [3.8, 4) is 0 Å². The highest BCUT2D eigenvalue weighted by molar-refractivity contribution is 9.10. The second-order valence-corrected chi connectivity index (χ2v) is 4.88. The Morgan fingerprint density at radius 1 is 0.714 bits per heavy atom. The number of hydrogen-bond acceptors (Lipinski definition) is 0. The third-order valence-electron chi connectivity index (χ3n) is 1.96. The summed E-state index contributed by atoms with van der Waals surface area (Å²) in [5, 5.41) is 3.49. The Kier molecular flexibility index (Phi) is 2.94. The Bertz CT molecular complexity index is 419. The van der Waals surface area contributed by atoms with Gasteiger partial charge in [0.15, 0.2) is 0 Å². The first-order valence-corrected chi connectivity index (χ1v) is 5.75. The van der Waals surface area contributed by atoms with Gasteiger partial charge in [-0.1, -0.05) is 50.7 Å². The van der Waals surface area contributed by atoms with Gasteiger partial charge in [0.2, 0.25) is 0 Å². The molecule has 0 fully saturated rings. The van der Waals surface area contributed by atoms with E-state index in [1.165, 1.54) is 0 Å². The van der Waals surface area contributed by atoms with Crippen LogP contribution in [0.5, 0.6) is 0 Å². The molecule has 0 bridgehead atoms. The van der Waals surface area contributed by atoms with Gasteiger partial charge in [-0.05, 0) is 24.3 Å². The summed E-state index contributed by atoms with van der Waals surface area (Å²) in [4.78, 5) is 0. The third-order valence-corrected chi connectivity index (χ3v) is 3.56. The van der Waals surface area contributed by atoms with Gasteiger partial charge in [0.25, 0.3) is 0 Å². The molecular formula is C10H4BrCl3. The molecule has 0 N–H and O–H groups in total. The summed E-state index contributed by atoms with van der Waals surface area (Å²) in [6, 6.07) is 7.14. The first-order valence-electron chi connectivity index (χ1n) is 3.83. The van der Waals surface area contributed by atoms with Crippen molar-refractivity contribution >= 4 is 61.5 Å². The standard InChI is InChI=1S/C10H4BrCl3/c11-5-1-2-7(13)10-8(14)4-3-6(12)9(5)10/h1-4H. The predicted octanol–water partition coefficient (Wildman–Crippen LogP) is 5.56. The fourth-order valence-electron chi connectivity index (χ4n) is 1.33. The quantitative estimate of drug-likeness (QED) is 0.597. The average molecular weight is 310 g/mol. The number of fused-ring (bicyclic) bond motifs is 1. The molecule has 0 aliphatic carbocycles. The molecule has 14 heavy (non-hydrogen) atoms. The van der Waals surface area contributed by atoms with Crippen LogP contribution in [0.2, 0.25) is 15.1 Å². The maximum Gasteiger partial charge on any atom is 0.0500 e. The van der Waals surface area contributed by atoms with Crippen molar-refractivity contribution in [2.45, 2.75) is 0 Å². The van der Waals surface area contributed by atoms with E-state index >= 15 is 0 Å². The lowest BCUT2D eigenvalue weighted by Crippen LogP contribution is -1.79. The fourth-order valence-corrected chi connectivity index (χ4v) is 2.82. The summed E-state index contributed by atoms with van der Waals surface area (Å²) in [7, 11) is 0. The molecule has 0 atom stereocenters. The van der Waals surface area contributed by atoms with Crippen LogP contribution in [0.3, 0.4) is 0 Å². The fraction of sp³-hybridized carbons (Fsp3) is 0. The van der Waals surface area contributed by atoms with Crippen LogP contribution in [-0.4, -0.2) is 0 Å². The molecule has 0 aliphatic heterocycles. The molecule has 2 aromatic carbocycles. The average Bonchev–Trinajstić information content (AvgIpc) is 2.16. The van der Waals surface area contributed by atoms with Crippen molar-refractivity contribution in [2.24, 2.45) is 0 Å². The number of hydrogen-bond donors (Lipinski definition) is 0. The molecule has 0 heterocycles. The summed E-state index contributed by atoms with van der Waals surface area (Å²) < 4.78 is 0.893. The molecule has 4 heteroatoms. The van der Waals surface area contributed by atoms with Crippen LogP contribution in [-0.2, 0) is 0 Å². The Hall–Kier alpha value is 0.0500. The normalized spacial score (nSPS) is 10.9. The molecule has 0 aromatic heterocycles. The second kappa shape index (κ2) is 3.90. The number of rotatable bonds is 0. The van der Waals surface area contributed by atoms with Crippen LogP contribution in [0.4, 0.5) is 0 Å². The molecule has 0 unspecified atom stereocenters. The summed E-state index contributed by atoms with van der Waals surface area (Å²) in [6.45, 7) is 0. The first-order chi connectivity index (χ1) is 6.61. The molecule has 0 spiro atoms. The molecular weight excluding hydrogens is 306 g/mol. The lowest BCUT2D eigenvalue weighted by atomic mass is 10.1. The van der Waals surface area contributed by atoms with Crippen LogP contribution < -0.4 is 0 Å². The van der Waals surface area contributed by atoms with Gasteiger partial charge >= 0.3 is 0 Å². The van der Waals surface area contributed by atoms with Crippen molar-refractivity contribution < 1.29 is 0 Å². The van der Waals surface area contributed by atoms with Crippen molar-refractivity contribution in [1.29, 1.82) is 0 Å². The molecule has 2 aromatic rings.